The van der Waals surface area contributed by atoms with Crippen molar-refractivity contribution in [1.29, 1.82) is 0 Å². The van der Waals surface area contributed by atoms with E-state index in [0.29, 0.717) is 11.3 Å². The van der Waals surface area contributed by atoms with Crippen molar-refractivity contribution in [3.8, 4) is 0 Å². The minimum absolute atomic E-state index is 0.0541. The van der Waals surface area contributed by atoms with Gasteiger partial charge < -0.3 is 14.2 Å². The zero-order valence-corrected chi connectivity index (χ0v) is 16.7. The summed E-state index contributed by atoms with van der Waals surface area (Å²) in [6, 6.07) is 10.8. The van der Waals surface area contributed by atoms with Gasteiger partial charge in [-0.15, -0.1) is 0 Å². The topological polar surface area (TPSA) is 102 Å². The summed E-state index contributed by atoms with van der Waals surface area (Å²) in [5.41, 5.74) is 1.28. The van der Waals surface area contributed by atoms with Crippen molar-refractivity contribution in [3.63, 3.8) is 0 Å². The van der Waals surface area contributed by atoms with Gasteiger partial charge in [-0.25, -0.2) is 13.1 Å². The smallest absolute Gasteiger partial charge is 0.251 e. The molecule has 7 nitrogen and oxygen atoms in total. The monoisotopic (exact) mass is 402 g/mol. The molecule has 0 fully saturated rings. The molecule has 0 saturated carbocycles. The number of nitrogens with one attached hydrogen (secondary N) is 2. The minimum Gasteiger partial charge on any atom is -0.468 e. The van der Waals surface area contributed by atoms with Gasteiger partial charge in [0.25, 0.3) is 5.91 Å². The number of aryl methyl sites for hydroxylation is 2. The third-order valence-corrected chi connectivity index (χ3v) is 5.75. The third-order valence-electron chi connectivity index (χ3n) is 4.34. The highest BCUT2D eigenvalue weighted by atomic mass is 32.2. The number of sulfonamides is 1. The Balaban J connectivity index is 1.66. The molecule has 2 heterocycles. The lowest BCUT2D eigenvalue weighted by molar-refractivity contribution is 0.0939. The fourth-order valence-corrected chi connectivity index (χ4v) is 3.88. The first kappa shape index (κ1) is 19.9. The van der Waals surface area contributed by atoms with Crippen LogP contribution in [0.25, 0.3) is 0 Å². The molecule has 1 amide bonds. The Bertz CT molecular complexity index is 1050. The van der Waals surface area contributed by atoms with Gasteiger partial charge in [-0.1, -0.05) is 0 Å². The van der Waals surface area contributed by atoms with E-state index in [1.165, 1.54) is 30.5 Å². The van der Waals surface area contributed by atoms with Crippen LogP contribution in [0.2, 0.25) is 0 Å². The third kappa shape index (κ3) is 4.52. The molecule has 2 N–H and O–H groups in total. The van der Waals surface area contributed by atoms with Gasteiger partial charge in [0.1, 0.15) is 17.3 Å². The molecule has 2 aromatic heterocycles. The van der Waals surface area contributed by atoms with E-state index in [-0.39, 0.29) is 23.4 Å². The molecule has 3 rings (SSSR count). The maximum absolute atomic E-state index is 12.5. The number of hydrogen-bond donors (Lipinski definition) is 2. The standard InChI is InChI=1S/C20H22N2O5S/c1-13-11-19(15(3)27-13)14(2)22-20(23)16-6-8-18(9-7-16)28(24,25)21-12-17-5-4-10-26-17/h4-11,14,21H,12H2,1-3H3,(H,22,23). The Morgan fingerprint density at radius 2 is 1.86 bits per heavy atom. The molecule has 1 aromatic carbocycles. The van der Waals surface area contributed by atoms with E-state index >= 15 is 0 Å². The van der Waals surface area contributed by atoms with Crippen molar-refractivity contribution in [2.75, 3.05) is 0 Å². The summed E-state index contributed by atoms with van der Waals surface area (Å²) in [4.78, 5) is 12.5. The van der Waals surface area contributed by atoms with E-state index in [2.05, 4.69) is 10.0 Å². The van der Waals surface area contributed by atoms with Gasteiger partial charge in [0.15, 0.2) is 0 Å². The molecule has 0 aliphatic rings. The van der Waals surface area contributed by atoms with E-state index in [1.807, 2.05) is 26.8 Å². The maximum atomic E-state index is 12.5. The number of amides is 1. The molecule has 148 valence electrons. The van der Waals surface area contributed by atoms with Crippen LogP contribution < -0.4 is 10.0 Å². The summed E-state index contributed by atoms with van der Waals surface area (Å²) in [6.45, 7) is 5.62. The van der Waals surface area contributed by atoms with Crippen molar-refractivity contribution < 1.29 is 22.0 Å². The van der Waals surface area contributed by atoms with Gasteiger partial charge in [-0.2, -0.15) is 0 Å². The Hall–Kier alpha value is -2.84. The second-order valence-electron chi connectivity index (χ2n) is 6.49. The van der Waals surface area contributed by atoms with Gasteiger partial charge in [-0.3, -0.25) is 4.79 Å². The number of carbonyl (C=O) groups is 1. The molecule has 8 heteroatoms. The normalized spacial score (nSPS) is 12.7. The predicted molar refractivity (Wildman–Crippen MR) is 103 cm³/mol. The lowest BCUT2D eigenvalue weighted by Crippen LogP contribution is -2.27. The Morgan fingerprint density at radius 1 is 1.14 bits per heavy atom. The van der Waals surface area contributed by atoms with Crippen LogP contribution in [0.15, 0.2) is 62.5 Å². The van der Waals surface area contributed by atoms with E-state index in [1.54, 1.807) is 12.1 Å². The first-order chi connectivity index (χ1) is 13.3. The number of benzene rings is 1. The van der Waals surface area contributed by atoms with Crippen molar-refractivity contribution in [2.24, 2.45) is 0 Å². The van der Waals surface area contributed by atoms with Crippen molar-refractivity contribution >= 4 is 15.9 Å². The first-order valence-electron chi connectivity index (χ1n) is 8.76. The summed E-state index contributed by atoms with van der Waals surface area (Å²) in [6.07, 6.45) is 1.48. The molecule has 1 unspecified atom stereocenters. The van der Waals surface area contributed by atoms with Crippen molar-refractivity contribution in [3.05, 3.63) is 77.1 Å². The Labute approximate surface area is 163 Å². The highest BCUT2D eigenvalue weighted by Gasteiger charge is 2.18. The van der Waals surface area contributed by atoms with Crippen LogP contribution in [-0.2, 0) is 16.6 Å². The molecule has 0 saturated heterocycles. The number of carbonyl (C=O) groups excluding carboxylic acids is 1. The van der Waals surface area contributed by atoms with Gasteiger partial charge in [0.05, 0.1) is 23.7 Å². The zero-order chi connectivity index (χ0) is 20.3. The van der Waals surface area contributed by atoms with Crippen LogP contribution in [0.5, 0.6) is 0 Å². The van der Waals surface area contributed by atoms with Gasteiger partial charge in [0.2, 0.25) is 10.0 Å². The number of furan rings is 2. The average molecular weight is 402 g/mol. The predicted octanol–water partition coefficient (Wildman–Crippen LogP) is 3.46. The van der Waals surface area contributed by atoms with E-state index in [4.69, 9.17) is 8.83 Å². The molecule has 3 aromatic rings. The quantitative estimate of drug-likeness (QED) is 0.630. The van der Waals surface area contributed by atoms with Crippen molar-refractivity contribution in [1.82, 2.24) is 10.0 Å². The number of rotatable bonds is 7. The van der Waals surface area contributed by atoms with Gasteiger partial charge >= 0.3 is 0 Å². The molecule has 28 heavy (non-hydrogen) atoms. The Kier molecular flexibility index (Phi) is 5.71. The molecule has 0 radical (unpaired) electrons. The fraction of sp³-hybridized carbons (Fsp3) is 0.250. The molecule has 0 spiro atoms. The molecular weight excluding hydrogens is 380 g/mol. The molecule has 1 atom stereocenters. The highest BCUT2D eigenvalue weighted by molar-refractivity contribution is 7.89. The Morgan fingerprint density at radius 3 is 2.43 bits per heavy atom. The van der Waals surface area contributed by atoms with Crippen molar-refractivity contribution in [2.45, 2.75) is 38.3 Å². The van der Waals surface area contributed by atoms with Crippen LogP contribution in [0.3, 0.4) is 0 Å². The van der Waals surface area contributed by atoms with Gasteiger partial charge in [0, 0.05) is 11.1 Å². The fourth-order valence-electron chi connectivity index (χ4n) is 2.89. The highest BCUT2D eigenvalue weighted by Crippen LogP contribution is 2.21. The average Bonchev–Trinajstić information content (AvgIpc) is 3.29. The van der Waals surface area contributed by atoms with Crippen LogP contribution in [0.4, 0.5) is 0 Å². The number of hydrogen-bond acceptors (Lipinski definition) is 5. The van der Waals surface area contributed by atoms with Gasteiger partial charge in [-0.05, 0) is 63.2 Å². The SMILES string of the molecule is Cc1cc(C(C)NC(=O)c2ccc(S(=O)(=O)NCc3ccco3)cc2)c(C)o1. The van der Waals surface area contributed by atoms with Crippen LogP contribution in [-0.4, -0.2) is 14.3 Å². The van der Waals surface area contributed by atoms with E-state index in [0.717, 1.165) is 17.1 Å². The second kappa shape index (κ2) is 8.04. The van der Waals surface area contributed by atoms with Crippen LogP contribution in [0, 0.1) is 13.8 Å². The molecule has 0 aliphatic carbocycles. The summed E-state index contributed by atoms with van der Waals surface area (Å²) < 4.78 is 37.8. The zero-order valence-electron chi connectivity index (χ0n) is 15.9. The minimum atomic E-state index is -3.70. The van der Waals surface area contributed by atoms with E-state index in [9.17, 15) is 13.2 Å². The van der Waals surface area contributed by atoms with Crippen LogP contribution in [0.1, 0.15) is 46.2 Å². The largest absolute Gasteiger partial charge is 0.468 e. The lowest BCUT2D eigenvalue weighted by atomic mass is 10.1. The van der Waals surface area contributed by atoms with E-state index < -0.39 is 10.0 Å². The molecule has 0 aliphatic heterocycles. The molecule has 0 bridgehead atoms. The summed E-state index contributed by atoms with van der Waals surface area (Å²) >= 11 is 0. The maximum Gasteiger partial charge on any atom is 0.251 e. The second-order valence-corrected chi connectivity index (χ2v) is 8.26. The summed E-state index contributed by atoms with van der Waals surface area (Å²) in [5.74, 6) is 1.76. The molecular formula is C20H22N2O5S. The summed E-state index contributed by atoms with van der Waals surface area (Å²) in [5, 5.41) is 2.89. The van der Waals surface area contributed by atoms with Crippen LogP contribution >= 0.6 is 0 Å². The summed E-state index contributed by atoms with van der Waals surface area (Å²) in [7, 11) is -3.70. The first-order valence-corrected chi connectivity index (χ1v) is 10.2. The lowest BCUT2D eigenvalue weighted by Gasteiger charge is -2.13.